The first-order valence-electron chi connectivity index (χ1n) is 12.5. The van der Waals surface area contributed by atoms with Crippen LogP contribution in [0.5, 0.6) is 11.6 Å². The van der Waals surface area contributed by atoms with Crippen molar-refractivity contribution in [2.45, 2.75) is 19.1 Å². The molecular weight excluding hydrogens is 480 g/mol. The molecular formula is C28H28N8O2. The van der Waals surface area contributed by atoms with Crippen molar-refractivity contribution in [3.63, 3.8) is 0 Å². The minimum atomic E-state index is 0.163. The lowest BCUT2D eigenvalue weighted by molar-refractivity contribution is 0.00880. The topological polar surface area (TPSA) is 119 Å². The standard InChI is InChI=1S/C28H28N8O2/c1-17-16-37-21(14-35(2)3)15-36(17)19-6-8-24-25(11-19)32-27(31-24)26-22-12-20(7-9-23(22)33-34-26)38-28-18(13-29)5-4-10-30-28/h4-12,17,21H,14-16H2,1-3H3,(H,31,32)(H,33,34). The quantitative estimate of drug-likeness (QED) is 0.348. The fourth-order valence-electron chi connectivity index (χ4n) is 4.89. The van der Waals surface area contributed by atoms with Gasteiger partial charge in [-0.3, -0.25) is 5.10 Å². The fourth-order valence-corrected chi connectivity index (χ4v) is 4.89. The van der Waals surface area contributed by atoms with Crippen molar-refractivity contribution >= 4 is 27.6 Å². The van der Waals surface area contributed by atoms with E-state index in [0.29, 0.717) is 29.4 Å². The Kier molecular flexibility index (Phi) is 6.15. The zero-order valence-electron chi connectivity index (χ0n) is 21.5. The molecule has 3 aromatic heterocycles. The molecule has 1 saturated heterocycles. The largest absolute Gasteiger partial charge is 0.438 e. The number of ether oxygens (including phenoxy) is 2. The summed E-state index contributed by atoms with van der Waals surface area (Å²) < 4.78 is 12.0. The number of hydrogen-bond acceptors (Lipinski definition) is 8. The number of likely N-dealkylation sites (N-methyl/N-ethyl adjacent to an activating group) is 1. The number of hydrogen-bond donors (Lipinski definition) is 2. The van der Waals surface area contributed by atoms with Crippen molar-refractivity contribution in [2.24, 2.45) is 0 Å². The summed E-state index contributed by atoms with van der Waals surface area (Å²) in [5, 5.41) is 17.8. The van der Waals surface area contributed by atoms with E-state index in [1.807, 2.05) is 24.3 Å². The number of nitriles is 1. The van der Waals surface area contributed by atoms with E-state index in [0.717, 1.165) is 40.7 Å². The highest BCUT2D eigenvalue weighted by atomic mass is 16.5. The lowest BCUT2D eigenvalue weighted by Crippen LogP contribution is -2.51. The molecule has 6 rings (SSSR count). The van der Waals surface area contributed by atoms with E-state index in [1.54, 1.807) is 18.3 Å². The van der Waals surface area contributed by atoms with Gasteiger partial charge in [0.25, 0.3) is 0 Å². The monoisotopic (exact) mass is 508 g/mol. The molecule has 5 aromatic rings. The molecule has 4 heterocycles. The number of aromatic amines is 2. The molecule has 10 heteroatoms. The normalized spacial score (nSPS) is 17.8. The van der Waals surface area contributed by atoms with Gasteiger partial charge in [-0.2, -0.15) is 10.4 Å². The third-order valence-corrected chi connectivity index (χ3v) is 6.74. The maximum Gasteiger partial charge on any atom is 0.237 e. The van der Waals surface area contributed by atoms with Crippen LogP contribution >= 0.6 is 0 Å². The van der Waals surface area contributed by atoms with Crippen LogP contribution in [0.15, 0.2) is 54.7 Å². The van der Waals surface area contributed by atoms with E-state index in [9.17, 15) is 5.26 Å². The fraction of sp³-hybridized carbons (Fsp3) is 0.286. The summed E-state index contributed by atoms with van der Waals surface area (Å²) in [4.78, 5) is 17.0. The second kappa shape index (κ2) is 9.78. The molecule has 0 amide bonds. The van der Waals surface area contributed by atoms with E-state index < -0.39 is 0 Å². The number of morpholine rings is 1. The molecule has 1 aliphatic heterocycles. The Morgan fingerprint density at radius 1 is 1.18 bits per heavy atom. The average molecular weight is 509 g/mol. The van der Waals surface area contributed by atoms with E-state index in [-0.39, 0.29) is 18.0 Å². The highest BCUT2D eigenvalue weighted by Crippen LogP contribution is 2.32. The Hall–Kier alpha value is -4.46. The van der Waals surface area contributed by atoms with Gasteiger partial charge in [0.1, 0.15) is 23.1 Å². The van der Waals surface area contributed by atoms with Gasteiger partial charge in [0.15, 0.2) is 5.82 Å². The number of fused-ring (bicyclic) bond motifs is 2. The number of benzene rings is 2. The van der Waals surface area contributed by atoms with Gasteiger partial charge in [-0.05, 0) is 69.6 Å². The first kappa shape index (κ1) is 23.9. The number of pyridine rings is 1. The van der Waals surface area contributed by atoms with E-state index in [2.05, 4.69) is 69.2 Å². The minimum Gasteiger partial charge on any atom is -0.438 e. The molecule has 2 N–H and O–H groups in total. The highest BCUT2D eigenvalue weighted by Gasteiger charge is 2.27. The van der Waals surface area contributed by atoms with Crippen LogP contribution in [0, 0.1) is 11.3 Å². The molecule has 2 aromatic carbocycles. The summed E-state index contributed by atoms with van der Waals surface area (Å²) in [6, 6.07) is 17.7. The summed E-state index contributed by atoms with van der Waals surface area (Å²) in [5.41, 5.74) is 4.86. The van der Waals surface area contributed by atoms with Crippen LogP contribution in [0.2, 0.25) is 0 Å². The molecule has 1 fully saturated rings. The maximum absolute atomic E-state index is 9.35. The highest BCUT2D eigenvalue weighted by molar-refractivity contribution is 5.94. The Morgan fingerprint density at radius 2 is 2.08 bits per heavy atom. The van der Waals surface area contributed by atoms with Crippen LogP contribution in [0.3, 0.4) is 0 Å². The van der Waals surface area contributed by atoms with Crippen LogP contribution < -0.4 is 9.64 Å². The van der Waals surface area contributed by atoms with Gasteiger partial charge in [0, 0.05) is 36.4 Å². The van der Waals surface area contributed by atoms with Crippen molar-refractivity contribution in [3.05, 3.63) is 60.3 Å². The van der Waals surface area contributed by atoms with Gasteiger partial charge in [-0.25, -0.2) is 9.97 Å². The summed E-state index contributed by atoms with van der Waals surface area (Å²) in [6.45, 7) is 4.61. The van der Waals surface area contributed by atoms with E-state index >= 15 is 0 Å². The van der Waals surface area contributed by atoms with Crippen molar-refractivity contribution < 1.29 is 9.47 Å². The molecule has 192 valence electrons. The van der Waals surface area contributed by atoms with Crippen LogP contribution in [0.25, 0.3) is 33.5 Å². The number of nitrogens with zero attached hydrogens (tertiary/aromatic N) is 6. The Bertz CT molecular complexity index is 1650. The average Bonchev–Trinajstić information content (AvgIpc) is 3.53. The minimum absolute atomic E-state index is 0.163. The summed E-state index contributed by atoms with van der Waals surface area (Å²) >= 11 is 0. The molecule has 10 nitrogen and oxygen atoms in total. The lowest BCUT2D eigenvalue weighted by Gasteiger charge is -2.40. The lowest BCUT2D eigenvalue weighted by atomic mass is 10.1. The van der Waals surface area contributed by atoms with Gasteiger partial charge < -0.3 is 24.3 Å². The van der Waals surface area contributed by atoms with Gasteiger partial charge in [-0.1, -0.05) is 0 Å². The summed E-state index contributed by atoms with van der Waals surface area (Å²) in [6.07, 6.45) is 1.76. The predicted octanol–water partition coefficient (Wildman–Crippen LogP) is 4.32. The van der Waals surface area contributed by atoms with Crippen LogP contribution in [-0.4, -0.2) is 76.0 Å². The number of rotatable bonds is 6. The molecule has 0 aliphatic carbocycles. The first-order valence-corrected chi connectivity index (χ1v) is 12.5. The second-order valence-corrected chi connectivity index (χ2v) is 9.86. The van der Waals surface area contributed by atoms with Gasteiger partial charge in [0.2, 0.25) is 5.88 Å². The summed E-state index contributed by atoms with van der Waals surface area (Å²) in [7, 11) is 4.14. The Labute approximate surface area is 219 Å². The third-order valence-electron chi connectivity index (χ3n) is 6.74. The van der Waals surface area contributed by atoms with Gasteiger partial charge in [0.05, 0.1) is 29.3 Å². The zero-order valence-corrected chi connectivity index (χ0v) is 21.5. The molecule has 1 aliphatic rings. The molecule has 0 radical (unpaired) electrons. The number of H-pyrrole nitrogens is 2. The molecule has 0 spiro atoms. The predicted molar refractivity (Wildman–Crippen MR) is 145 cm³/mol. The van der Waals surface area contributed by atoms with Crippen LogP contribution in [0.4, 0.5) is 5.69 Å². The second-order valence-electron chi connectivity index (χ2n) is 9.86. The number of anilines is 1. The van der Waals surface area contributed by atoms with Gasteiger partial charge >= 0.3 is 0 Å². The number of aromatic nitrogens is 5. The third kappa shape index (κ3) is 4.53. The van der Waals surface area contributed by atoms with Crippen molar-refractivity contribution in [3.8, 4) is 29.2 Å². The Balaban J connectivity index is 1.31. The van der Waals surface area contributed by atoms with Crippen molar-refractivity contribution in [2.75, 3.05) is 38.7 Å². The first-order chi connectivity index (χ1) is 18.5. The number of imidazole rings is 1. The molecule has 0 bridgehead atoms. The SMILES string of the molecule is CC1COC(CN(C)C)CN1c1ccc2nc(-c3n[nH]c4ccc(Oc5ncccc5C#N)cc34)[nH]c2c1. The molecule has 2 unspecified atom stereocenters. The Morgan fingerprint density at radius 3 is 2.92 bits per heavy atom. The van der Waals surface area contributed by atoms with Crippen LogP contribution in [0.1, 0.15) is 12.5 Å². The number of nitrogens with one attached hydrogen (secondary N) is 2. The van der Waals surface area contributed by atoms with E-state index in [4.69, 9.17) is 14.5 Å². The molecule has 0 saturated carbocycles. The smallest absolute Gasteiger partial charge is 0.237 e. The molecule has 2 atom stereocenters. The zero-order chi connectivity index (χ0) is 26.2. The van der Waals surface area contributed by atoms with Crippen molar-refractivity contribution in [1.82, 2.24) is 30.0 Å². The van der Waals surface area contributed by atoms with Gasteiger partial charge in [-0.15, -0.1) is 0 Å². The maximum atomic E-state index is 9.35. The van der Waals surface area contributed by atoms with Crippen molar-refractivity contribution in [1.29, 1.82) is 5.26 Å². The summed E-state index contributed by atoms with van der Waals surface area (Å²) in [5.74, 6) is 1.49. The molecule has 38 heavy (non-hydrogen) atoms. The van der Waals surface area contributed by atoms with Crippen LogP contribution in [-0.2, 0) is 4.74 Å². The van der Waals surface area contributed by atoms with E-state index in [1.165, 1.54) is 0 Å².